The van der Waals surface area contributed by atoms with E-state index in [1.807, 2.05) is 0 Å². The number of halogens is 2. The van der Waals surface area contributed by atoms with Gasteiger partial charge in [-0.3, -0.25) is 19.2 Å². The molecule has 3 heterocycles. The largest absolute Gasteiger partial charge is 0.355 e. The lowest BCUT2D eigenvalue weighted by atomic mass is 9.93. The Morgan fingerprint density at radius 2 is 0.844 bits per heavy atom. The van der Waals surface area contributed by atoms with E-state index in [0.29, 0.717) is 65.2 Å². The summed E-state index contributed by atoms with van der Waals surface area (Å²) in [5.74, 6) is -1.79. The van der Waals surface area contributed by atoms with Gasteiger partial charge in [0, 0.05) is 75.6 Å². The summed E-state index contributed by atoms with van der Waals surface area (Å²) < 4.78 is 0. The number of carbonyl (C=O) groups is 4. The number of benzene rings is 6. The Balaban J connectivity index is 1.18. The fraction of sp³-hybridized carbons (Fsp3) is 0. The summed E-state index contributed by atoms with van der Waals surface area (Å²) in [7, 11) is 0. The Kier molecular flexibility index (Phi) is 5.20. The van der Waals surface area contributed by atoms with E-state index in [0.717, 1.165) is 21.8 Å². The van der Waals surface area contributed by atoms with Crippen molar-refractivity contribution >= 4 is 102 Å². The fourth-order valence-electron chi connectivity index (χ4n) is 6.74. The van der Waals surface area contributed by atoms with Gasteiger partial charge in [0.2, 0.25) is 0 Å². The maximum Gasteiger partial charge on any atom is 0.265 e. The van der Waals surface area contributed by atoms with Crippen molar-refractivity contribution < 1.29 is 19.2 Å². The SMILES string of the molecule is O=C1c2cccc3c(Cl)ccc(c23)C(=O)N1c1ccc2[nH]c3ccc(N4C(=O)c5cccc6c(Cl)ccc(c56)C4=O)cc3c2c1. The first-order valence-electron chi connectivity index (χ1n) is 14.1. The molecule has 2 aliphatic rings. The van der Waals surface area contributed by atoms with Crippen molar-refractivity contribution in [3.05, 3.63) is 129 Å². The summed E-state index contributed by atoms with van der Waals surface area (Å²) in [6.07, 6.45) is 0. The molecule has 214 valence electrons. The lowest BCUT2D eigenvalue weighted by Gasteiger charge is -2.28. The molecule has 0 spiro atoms. The zero-order valence-electron chi connectivity index (χ0n) is 23.0. The Bertz CT molecular complexity index is 2350. The molecule has 1 aromatic heterocycles. The topological polar surface area (TPSA) is 90.6 Å². The van der Waals surface area contributed by atoms with Gasteiger partial charge in [-0.05, 0) is 72.8 Å². The van der Waals surface area contributed by atoms with Gasteiger partial charge in [-0.1, -0.05) is 47.5 Å². The summed E-state index contributed by atoms with van der Waals surface area (Å²) in [4.78, 5) is 60.7. The number of rotatable bonds is 2. The minimum absolute atomic E-state index is 0.393. The summed E-state index contributed by atoms with van der Waals surface area (Å²) in [5, 5.41) is 4.76. The lowest BCUT2D eigenvalue weighted by Crippen LogP contribution is -2.40. The number of carbonyl (C=O) groups excluding carboxylic acids is 4. The summed E-state index contributed by atoms with van der Waals surface area (Å²) in [5.41, 5.74) is 3.88. The Morgan fingerprint density at radius 3 is 1.27 bits per heavy atom. The van der Waals surface area contributed by atoms with E-state index in [-0.39, 0.29) is 0 Å². The first kappa shape index (κ1) is 25.9. The molecular weight excluding hydrogens is 609 g/mol. The number of H-pyrrole nitrogens is 1. The second-order valence-corrected chi connectivity index (χ2v) is 11.9. The number of fused-ring (bicyclic) bond motifs is 3. The van der Waals surface area contributed by atoms with Crippen molar-refractivity contribution in [2.75, 3.05) is 9.80 Å². The van der Waals surface area contributed by atoms with E-state index in [1.54, 1.807) is 97.1 Å². The third kappa shape index (κ3) is 3.42. The molecule has 0 saturated carbocycles. The molecule has 0 unspecified atom stereocenters. The van der Waals surface area contributed by atoms with Crippen LogP contribution in [0.1, 0.15) is 41.4 Å². The molecule has 0 fully saturated rings. The molecular formula is C36H17Cl2N3O4. The van der Waals surface area contributed by atoms with Crippen molar-refractivity contribution in [3.8, 4) is 0 Å². The molecule has 7 nitrogen and oxygen atoms in total. The quantitative estimate of drug-likeness (QED) is 0.195. The summed E-state index contributed by atoms with van der Waals surface area (Å²) in [6, 6.07) is 27.7. The molecule has 0 atom stereocenters. The van der Waals surface area contributed by atoms with Crippen LogP contribution in [0.4, 0.5) is 11.4 Å². The van der Waals surface area contributed by atoms with E-state index in [9.17, 15) is 19.2 Å². The minimum Gasteiger partial charge on any atom is -0.355 e. The van der Waals surface area contributed by atoms with Crippen molar-refractivity contribution in [1.29, 1.82) is 0 Å². The molecule has 0 radical (unpaired) electrons. The second-order valence-electron chi connectivity index (χ2n) is 11.1. The van der Waals surface area contributed by atoms with E-state index in [4.69, 9.17) is 23.2 Å². The van der Waals surface area contributed by atoms with Crippen LogP contribution in [-0.4, -0.2) is 28.6 Å². The molecule has 0 aliphatic carbocycles. The average molecular weight is 626 g/mol. The number of nitrogens with zero attached hydrogens (tertiary/aromatic N) is 2. The molecule has 0 saturated heterocycles. The predicted molar refractivity (Wildman–Crippen MR) is 176 cm³/mol. The van der Waals surface area contributed by atoms with E-state index in [1.165, 1.54) is 9.80 Å². The minimum atomic E-state index is -0.447. The van der Waals surface area contributed by atoms with E-state index >= 15 is 0 Å². The van der Waals surface area contributed by atoms with Gasteiger partial charge < -0.3 is 4.98 Å². The van der Waals surface area contributed by atoms with Crippen LogP contribution in [0.25, 0.3) is 43.4 Å². The third-order valence-corrected chi connectivity index (χ3v) is 9.45. The number of hydrogen-bond donors (Lipinski definition) is 1. The summed E-state index contributed by atoms with van der Waals surface area (Å²) in [6.45, 7) is 0. The van der Waals surface area contributed by atoms with Crippen LogP contribution < -0.4 is 9.80 Å². The predicted octanol–water partition coefficient (Wildman–Crippen LogP) is 8.54. The Morgan fingerprint density at radius 1 is 0.444 bits per heavy atom. The second kappa shape index (κ2) is 9.01. The zero-order chi connectivity index (χ0) is 30.7. The lowest BCUT2D eigenvalue weighted by molar-refractivity contribution is 0.0877. The van der Waals surface area contributed by atoms with E-state index in [2.05, 4.69) is 4.98 Å². The van der Waals surface area contributed by atoms with Gasteiger partial charge in [-0.2, -0.15) is 0 Å². The number of aromatic amines is 1. The maximum absolute atomic E-state index is 13.8. The van der Waals surface area contributed by atoms with Crippen LogP contribution in [0, 0.1) is 0 Å². The normalized spacial score (nSPS) is 14.5. The van der Waals surface area contributed by atoms with Gasteiger partial charge in [-0.25, -0.2) is 9.80 Å². The fourth-order valence-corrected chi connectivity index (χ4v) is 7.18. The highest BCUT2D eigenvalue weighted by Crippen LogP contribution is 2.40. The maximum atomic E-state index is 13.8. The van der Waals surface area contributed by atoms with Crippen LogP contribution >= 0.6 is 23.2 Å². The van der Waals surface area contributed by atoms with E-state index < -0.39 is 23.6 Å². The van der Waals surface area contributed by atoms with Gasteiger partial charge in [-0.15, -0.1) is 0 Å². The van der Waals surface area contributed by atoms with Crippen LogP contribution in [-0.2, 0) is 0 Å². The number of amides is 4. The van der Waals surface area contributed by atoms with Gasteiger partial charge in [0.1, 0.15) is 0 Å². The number of nitrogens with one attached hydrogen (secondary N) is 1. The molecule has 1 N–H and O–H groups in total. The molecule has 45 heavy (non-hydrogen) atoms. The van der Waals surface area contributed by atoms with Crippen molar-refractivity contribution in [1.82, 2.24) is 4.98 Å². The van der Waals surface area contributed by atoms with Crippen molar-refractivity contribution in [3.63, 3.8) is 0 Å². The molecule has 0 bridgehead atoms. The molecule has 9 heteroatoms. The third-order valence-electron chi connectivity index (χ3n) is 8.79. The van der Waals surface area contributed by atoms with Gasteiger partial charge in [0.25, 0.3) is 23.6 Å². The zero-order valence-corrected chi connectivity index (χ0v) is 24.5. The highest BCUT2D eigenvalue weighted by Gasteiger charge is 2.36. The number of anilines is 2. The monoisotopic (exact) mass is 625 g/mol. The van der Waals surface area contributed by atoms with Crippen LogP contribution in [0.15, 0.2) is 97.1 Å². The van der Waals surface area contributed by atoms with Gasteiger partial charge in [0.15, 0.2) is 0 Å². The first-order chi connectivity index (χ1) is 21.8. The Hall–Kier alpha value is -5.50. The van der Waals surface area contributed by atoms with Crippen LogP contribution in [0.3, 0.4) is 0 Å². The molecule has 7 aromatic rings. The van der Waals surface area contributed by atoms with Gasteiger partial charge in [0.05, 0.1) is 11.4 Å². The molecule has 6 aromatic carbocycles. The average Bonchev–Trinajstić information content (AvgIpc) is 3.41. The van der Waals surface area contributed by atoms with Crippen molar-refractivity contribution in [2.45, 2.75) is 0 Å². The molecule has 4 amide bonds. The number of hydrogen-bond acceptors (Lipinski definition) is 4. The smallest absolute Gasteiger partial charge is 0.265 e. The highest BCUT2D eigenvalue weighted by molar-refractivity contribution is 6.42. The Labute approximate surface area is 264 Å². The number of imide groups is 2. The summed E-state index contributed by atoms with van der Waals surface area (Å²) >= 11 is 12.8. The van der Waals surface area contributed by atoms with Crippen LogP contribution in [0.2, 0.25) is 10.0 Å². The van der Waals surface area contributed by atoms with Gasteiger partial charge >= 0.3 is 0 Å². The first-order valence-corrected chi connectivity index (χ1v) is 14.8. The molecule has 2 aliphatic heterocycles. The van der Waals surface area contributed by atoms with Crippen LogP contribution in [0.5, 0.6) is 0 Å². The molecule has 9 rings (SSSR count). The number of aromatic nitrogens is 1. The highest BCUT2D eigenvalue weighted by atomic mass is 35.5. The standard InChI is InChI=1S/C36H17Cl2N3O4/c37-27-11-9-23-31-19(27)3-1-5-21(31)33(42)40(35(23)44)17-7-13-29-25(15-17)26-16-18(8-14-30(26)39-29)41-34(43)22-6-2-4-20-28(38)12-10-24(32(20)22)36(41)45/h1-16,39H. The van der Waals surface area contributed by atoms with Crippen molar-refractivity contribution in [2.24, 2.45) is 0 Å².